The Morgan fingerprint density at radius 1 is 1.19 bits per heavy atom. The van der Waals surface area contributed by atoms with Crippen molar-refractivity contribution in [3.63, 3.8) is 0 Å². The average molecular weight is 348 g/mol. The van der Waals surface area contributed by atoms with E-state index in [0.717, 1.165) is 22.0 Å². The van der Waals surface area contributed by atoms with E-state index in [-0.39, 0.29) is 11.9 Å². The van der Waals surface area contributed by atoms with Crippen LogP contribution >= 0.6 is 15.9 Å². The molecule has 1 heterocycles. The first-order valence-electron chi connectivity index (χ1n) is 6.86. The molecule has 3 aromatic rings. The van der Waals surface area contributed by atoms with E-state index in [2.05, 4.69) is 21.2 Å². The van der Waals surface area contributed by atoms with Gasteiger partial charge in [0.2, 0.25) is 0 Å². The summed E-state index contributed by atoms with van der Waals surface area (Å²) in [5.74, 6) is 0.479. The third-order valence-corrected chi connectivity index (χ3v) is 4.05. The smallest absolute Gasteiger partial charge is 0.148 e. The van der Waals surface area contributed by atoms with Gasteiger partial charge in [0, 0.05) is 10.9 Å². The Hall–Kier alpha value is -1.65. The lowest BCUT2D eigenvalue weighted by Crippen LogP contribution is -2.22. The molecule has 0 amide bonds. The monoisotopic (exact) mass is 347 g/mol. The fourth-order valence-corrected chi connectivity index (χ4v) is 2.93. The maximum absolute atomic E-state index is 14.1. The first kappa shape index (κ1) is 14.3. The first-order chi connectivity index (χ1) is 10.2. The van der Waals surface area contributed by atoms with Crippen molar-refractivity contribution in [3.05, 3.63) is 70.1 Å². The van der Waals surface area contributed by atoms with Crippen molar-refractivity contribution in [2.45, 2.75) is 13.0 Å². The fraction of sp³-hybridized carbons (Fsp3) is 0.176. The zero-order chi connectivity index (χ0) is 14.8. The van der Waals surface area contributed by atoms with Crippen LogP contribution in [0, 0.1) is 5.82 Å². The third kappa shape index (κ3) is 2.74. The van der Waals surface area contributed by atoms with Crippen LogP contribution in [0.1, 0.15) is 24.3 Å². The lowest BCUT2D eigenvalue weighted by molar-refractivity contribution is 0.462. The standard InChI is InChI=1S/C17H15BrFNO/c1-2-20-16(12-7-3-4-9-14(12)19)15-10-11-6-5-8-13(18)17(11)21-15/h3-10,16,20H,2H2,1H3. The predicted octanol–water partition coefficient (Wildman–Crippen LogP) is 5.03. The molecule has 0 bridgehead atoms. The van der Waals surface area contributed by atoms with Crippen molar-refractivity contribution in [2.24, 2.45) is 0 Å². The van der Waals surface area contributed by atoms with Gasteiger partial charge in [-0.1, -0.05) is 37.3 Å². The van der Waals surface area contributed by atoms with Crippen LogP contribution in [0.4, 0.5) is 4.39 Å². The minimum atomic E-state index is -0.296. The Morgan fingerprint density at radius 3 is 2.71 bits per heavy atom. The second kappa shape index (κ2) is 6.00. The summed E-state index contributed by atoms with van der Waals surface area (Å²) in [7, 11) is 0. The summed E-state index contributed by atoms with van der Waals surface area (Å²) < 4.78 is 20.9. The molecular formula is C17H15BrFNO. The number of fused-ring (bicyclic) bond motifs is 1. The van der Waals surface area contributed by atoms with Crippen molar-refractivity contribution >= 4 is 26.9 Å². The van der Waals surface area contributed by atoms with E-state index in [0.29, 0.717) is 11.3 Å². The van der Waals surface area contributed by atoms with Crippen molar-refractivity contribution in [1.82, 2.24) is 5.32 Å². The fourth-order valence-electron chi connectivity index (χ4n) is 2.47. The summed E-state index contributed by atoms with van der Waals surface area (Å²) in [6.45, 7) is 2.71. The Morgan fingerprint density at radius 2 is 2.00 bits per heavy atom. The van der Waals surface area contributed by atoms with Gasteiger partial charge in [0.05, 0.1) is 10.5 Å². The second-order valence-electron chi connectivity index (χ2n) is 4.82. The number of nitrogens with one attached hydrogen (secondary N) is 1. The van der Waals surface area contributed by atoms with Gasteiger partial charge in [0.15, 0.2) is 0 Å². The van der Waals surface area contributed by atoms with Crippen LogP contribution < -0.4 is 5.32 Å². The highest BCUT2D eigenvalue weighted by Crippen LogP contribution is 2.32. The summed E-state index contributed by atoms with van der Waals surface area (Å²) in [4.78, 5) is 0. The zero-order valence-corrected chi connectivity index (χ0v) is 13.2. The van der Waals surface area contributed by atoms with Gasteiger partial charge in [0.1, 0.15) is 17.2 Å². The van der Waals surface area contributed by atoms with Crippen LogP contribution in [-0.4, -0.2) is 6.54 Å². The number of hydrogen-bond donors (Lipinski definition) is 1. The quantitative estimate of drug-likeness (QED) is 0.715. The molecule has 4 heteroatoms. The van der Waals surface area contributed by atoms with Gasteiger partial charge in [-0.3, -0.25) is 0 Å². The molecule has 1 atom stereocenters. The minimum absolute atomic E-state index is 0.233. The van der Waals surface area contributed by atoms with E-state index in [1.807, 2.05) is 37.3 Å². The zero-order valence-electron chi connectivity index (χ0n) is 11.6. The topological polar surface area (TPSA) is 25.2 Å². The number of halogens is 2. The van der Waals surface area contributed by atoms with Crippen molar-refractivity contribution in [2.75, 3.05) is 6.54 Å². The SMILES string of the molecule is CCNC(c1cc2cccc(Br)c2o1)c1ccccc1F. The van der Waals surface area contributed by atoms with Crippen LogP contribution in [0.5, 0.6) is 0 Å². The Balaban J connectivity index is 2.11. The summed E-state index contributed by atoms with van der Waals surface area (Å²) in [5.41, 5.74) is 1.38. The van der Waals surface area contributed by atoms with Crippen LogP contribution in [0.15, 0.2) is 57.4 Å². The first-order valence-corrected chi connectivity index (χ1v) is 7.65. The highest BCUT2D eigenvalue weighted by molar-refractivity contribution is 9.10. The van der Waals surface area contributed by atoms with Crippen molar-refractivity contribution in [3.8, 4) is 0 Å². The second-order valence-corrected chi connectivity index (χ2v) is 5.67. The largest absolute Gasteiger partial charge is 0.458 e. The van der Waals surface area contributed by atoms with Gasteiger partial charge in [-0.05, 0) is 40.7 Å². The van der Waals surface area contributed by atoms with E-state index in [1.165, 1.54) is 6.07 Å². The normalized spacial score (nSPS) is 12.7. The summed E-state index contributed by atoms with van der Waals surface area (Å²) in [5, 5.41) is 4.29. The molecule has 0 spiro atoms. The van der Waals surface area contributed by atoms with Gasteiger partial charge < -0.3 is 9.73 Å². The highest BCUT2D eigenvalue weighted by Gasteiger charge is 2.21. The molecule has 2 aromatic carbocycles. The van der Waals surface area contributed by atoms with Gasteiger partial charge in [-0.15, -0.1) is 0 Å². The molecule has 21 heavy (non-hydrogen) atoms. The molecule has 0 saturated heterocycles. The van der Waals surface area contributed by atoms with E-state index in [1.54, 1.807) is 12.1 Å². The van der Waals surface area contributed by atoms with E-state index in [9.17, 15) is 4.39 Å². The lowest BCUT2D eigenvalue weighted by atomic mass is 10.0. The summed E-state index contributed by atoms with van der Waals surface area (Å²) in [6.07, 6.45) is 0. The predicted molar refractivity (Wildman–Crippen MR) is 85.8 cm³/mol. The molecule has 1 N–H and O–H groups in total. The van der Waals surface area contributed by atoms with Crippen molar-refractivity contribution in [1.29, 1.82) is 0 Å². The van der Waals surface area contributed by atoms with Crippen LogP contribution in [0.25, 0.3) is 11.0 Å². The molecule has 108 valence electrons. The van der Waals surface area contributed by atoms with Crippen LogP contribution in [0.3, 0.4) is 0 Å². The van der Waals surface area contributed by atoms with Gasteiger partial charge in [-0.2, -0.15) is 0 Å². The van der Waals surface area contributed by atoms with Gasteiger partial charge in [-0.25, -0.2) is 4.39 Å². The Kier molecular flexibility index (Phi) is 4.08. The lowest BCUT2D eigenvalue weighted by Gasteiger charge is -2.16. The van der Waals surface area contributed by atoms with E-state index in [4.69, 9.17) is 4.42 Å². The van der Waals surface area contributed by atoms with E-state index >= 15 is 0 Å². The van der Waals surface area contributed by atoms with Crippen LogP contribution in [0.2, 0.25) is 0 Å². The molecule has 0 saturated carbocycles. The summed E-state index contributed by atoms with van der Waals surface area (Å²) in [6, 6.07) is 14.3. The molecule has 1 unspecified atom stereocenters. The molecular weight excluding hydrogens is 333 g/mol. The highest BCUT2D eigenvalue weighted by atomic mass is 79.9. The number of furan rings is 1. The minimum Gasteiger partial charge on any atom is -0.458 e. The van der Waals surface area contributed by atoms with Crippen molar-refractivity contribution < 1.29 is 8.81 Å². The Bertz CT molecular complexity index is 768. The molecule has 2 nitrogen and oxygen atoms in total. The van der Waals surface area contributed by atoms with Gasteiger partial charge in [0.25, 0.3) is 0 Å². The molecule has 0 fully saturated rings. The molecule has 1 aromatic heterocycles. The summed E-state index contributed by atoms with van der Waals surface area (Å²) >= 11 is 3.48. The molecule has 3 rings (SSSR count). The van der Waals surface area contributed by atoms with E-state index < -0.39 is 0 Å². The number of para-hydroxylation sites is 1. The third-order valence-electron chi connectivity index (χ3n) is 3.42. The number of benzene rings is 2. The number of hydrogen-bond acceptors (Lipinski definition) is 2. The van der Waals surface area contributed by atoms with Crippen LogP contribution in [-0.2, 0) is 0 Å². The Labute approximate surface area is 131 Å². The maximum Gasteiger partial charge on any atom is 0.148 e. The molecule has 0 aliphatic heterocycles. The average Bonchev–Trinajstić information content (AvgIpc) is 2.91. The maximum atomic E-state index is 14.1. The molecule has 0 radical (unpaired) electrons. The number of rotatable bonds is 4. The molecule has 0 aliphatic rings. The van der Waals surface area contributed by atoms with Gasteiger partial charge >= 0.3 is 0 Å². The molecule has 0 aliphatic carbocycles.